The van der Waals surface area contributed by atoms with E-state index in [1.807, 2.05) is 12.1 Å². The third kappa shape index (κ3) is 3.25. The van der Waals surface area contributed by atoms with Gasteiger partial charge < -0.3 is 31.1 Å². The summed E-state index contributed by atoms with van der Waals surface area (Å²) in [4.78, 5) is 4.25. The van der Waals surface area contributed by atoms with Crippen LogP contribution < -0.4 is 11.1 Å². The van der Waals surface area contributed by atoms with Crippen LogP contribution in [0.2, 0.25) is 0 Å². The zero-order chi connectivity index (χ0) is 17.3. The van der Waals surface area contributed by atoms with Gasteiger partial charge in [0.15, 0.2) is 6.23 Å². The summed E-state index contributed by atoms with van der Waals surface area (Å²) in [5.74, 6) is 0.521. The van der Waals surface area contributed by atoms with E-state index in [4.69, 9.17) is 27.8 Å². The fraction of sp³-hybridized carbons (Fsp3) is 0.333. The van der Waals surface area contributed by atoms with E-state index in [0.717, 1.165) is 5.69 Å². The van der Waals surface area contributed by atoms with Crippen LogP contribution in [-0.4, -0.2) is 49.8 Å². The highest BCUT2D eigenvalue weighted by molar-refractivity contribution is 7.71. The van der Waals surface area contributed by atoms with Crippen LogP contribution >= 0.6 is 12.2 Å². The first-order valence-electron chi connectivity index (χ1n) is 7.34. The molecule has 2 heterocycles. The molecule has 0 saturated carbocycles. The van der Waals surface area contributed by atoms with Crippen LogP contribution in [0.25, 0.3) is 0 Å². The van der Waals surface area contributed by atoms with E-state index in [-0.39, 0.29) is 4.77 Å². The molecule has 1 aromatic heterocycles. The Morgan fingerprint density at radius 2 is 1.92 bits per heavy atom. The normalized spacial score (nSPS) is 26.5. The number of rotatable bonds is 4. The molecule has 1 aliphatic rings. The SMILES string of the molecule is Nc1ccc(Nc2ccn([C@@H]3O[C@H](CO)[C@@H](O)[C@H]3O)c(=S)n2)cc1. The molecule has 3 rings (SSSR count). The van der Waals surface area contributed by atoms with Crippen molar-refractivity contribution in [3.63, 3.8) is 0 Å². The number of aliphatic hydroxyl groups is 3. The minimum Gasteiger partial charge on any atom is -0.399 e. The molecule has 1 aliphatic heterocycles. The van der Waals surface area contributed by atoms with E-state index in [9.17, 15) is 10.2 Å². The van der Waals surface area contributed by atoms with E-state index >= 15 is 0 Å². The van der Waals surface area contributed by atoms with E-state index in [1.54, 1.807) is 24.4 Å². The Morgan fingerprint density at radius 3 is 2.50 bits per heavy atom. The highest BCUT2D eigenvalue weighted by Gasteiger charge is 2.43. The molecule has 1 saturated heterocycles. The average molecular weight is 350 g/mol. The van der Waals surface area contributed by atoms with Crippen LogP contribution in [0.4, 0.5) is 17.2 Å². The molecule has 0 unspecified atom stereocenters. The van der Waals surface area contributed by atoms with Crippen LogP contribution in [0.15, 0.2) is 36.5 Å². The van der Waals surface area contributed by atoms with Crippen molar-refractivity contribution in [2.24, 2.45) is 0 Å². The van der Waals surface area contributed by atoms with Gasteiger partial charge in [0.25, 0.3) is 0 Å². The lowest BCUT2D eigenvalue weighted by Crippen LogP contribution is -2.33. The Bertz CT molecular complexity index is 767. The van der Waals surface area contributed by atoms with Crippen LogP contribution in [0.3, 0.4) is 0 Å². The molecule has 24 heavy (non-hydrogen) atoms. The quantitative estimate of drug-likeness (QED) is 0.400. The lowest BCUT2D eigenvalue weighted by molar-refractivity contribution is -0.0540. The van der Waals surface area contributed by atoms with Crippen molar-refractivity contribution < 1.29 is 20.1 Å². The Balaban J connectivity index is 1.80. The number of hydrogen-bond acceptors (Lipinski definition) is 8. The van der Waals surface area contributed by atoms with Crippen molar-refractivity contribution in [1.29, 1.82) is 0 Å². The highest BCUT2D eigenvalue weighted by atomic mass is 32.1. The number of aromatic nitrogens is 2. The smallest absolute Gasteiger partial charge is 0.203 e. The summed E-state index contributed by atoms with van der Waals surface area (Å²) in [7, 11) is 0. The monoisotopic (exact) mass is 350 g/mol. The molecule has 6 N–H and O–H groups in total. The van der Waals surface area contributed by atoms with Crippen molar-refractivity contribution in [2.75, 3.05) is 17.7 Å². The van der Waals surface area contributed by atoms with Crippen LogP contribution in [0.1, 0.15) is 6.23 Å². The Hall–Kier alpha value is -2.04. The molecule has 128 valence electrons. The first-order chi connectivity index (χ1) is 11.5. The summed E-state index contributed by atoms with van der Waals surface area (Å²) < 4.78 is 7.05. The fourth-order valence-corrected chi connectivity index (χ4v) is 2.76. The molecule has 0 spiro atoms. The predicted octanol–water partition coefficient (Wildman–Crippen LogP) is 0.550. The first kappa shape index (κ1) is 16.8. The fourth-order valence-electron chi connectivity index (χ4n) is 2.50. The maximum absolute atomic E-state index is 10.1. The van der Waals surface area contributed by atoms with Crippen molar-refractivity contribution in [3.8, 4) is 0 Å². The molecule has 2 aromatic rings. The minimum absolute atomic E-state index is 0.172. The van der Waals surface area contributed by atoms with Crippen LogP contribution in [0.5, 0.6) is 0 Å². The third-order valence-electron chi connectivity index (χ3n) is 3.80. The van der Waals surface area contributed by atoms with Gasteiger partial charge in [0.05, 0.1) is 6.61 Å². The predicted molar refractivity (Wildman–Crippen MR) is 90.2 cm³/mol. The molecular formula is C15H18N4O4S. The Labute approximate surface area is 143 Å². The number of hydrogen-bond donors (Lipinski definition) is 5. The van der Waals surface area contributed by atoms with Gasteiger partial charge in [-0.05, 0) is 42.5 Å². The second kappa shape index (κ2) is 6.83. The molecule has 1 aromatic carbocycles. The summed E-state index contributed by atoms with van der Waals surface area (Å²) in [5.41, 5.74) is 7.10. The largest absolute Gasteiger partial charge is 0.399 e. The second-order valence-electron chi connectivity index (χ2n) is 5.48. The highest BCUT2D eigenvalue weighted by Crippen LogP contribution is 2.29. The zero-order valence-corrected chi connectivity index (χ0v) is 13.4. The van der Waals surface area contributed by atoms with Crippen molar-refractivity contribution in [3.05, 3.63) is 41.3 Å². The van der Waals surface area contributed by atoms with Gasteiger partial charge in [-0.1, -0.05) is 0 Å². The third-order valence-corrected chi connectivity index (χ3v) is 4.11. The average Bonchev–Trinajstić information content (AvgIpc) is 2.85. The topological polar surface area (TPSA) is 126 Å². The van der Waals surface area contributed by atoms with Crippen LogP contribution in [0, 0.1) is 4.77 Å². The number of nitrogens with two attached hydrogens (primary N) is 1. The van der Waals surface area contributed by atoms with Gasteiger partial charge in [0, 0.05) is 17.6 Å². The molecule has 0 radical (unpaired) electrons. The van der Waals surface area contributed by atoms with E-state index in [1.165, 1.54) is 4.57 Å². The van der Waals surface area contributed by atoms with E-state index < -0.39 is 31.1 Å². The standard InChI is InChI=1S/C15H18N4O4S/c16-8-1-3-9(4-2-8)17-11-5-6-19(15(24)18-11)14-13(22)12(21)10(7-20)23-14/h1-6,10,12-14,20-22H,7,16H2,(H,17,18,24)/t10-,12-,13-,14-/m1/s1. The van der Waals surface area contributed by atoms with Gasteiger partial charge in [-0.2, -0.15) is 0 Å². The summed E-state index contributed by atoms with van der Waals surface area (Å²) in [6, 6.07) is 8.82. The van der Waals surface area contributed by atoms with Gasteiger partial charge in [0.2, 0.25) is 4.77 Å². The molecule has 1 fully saturated rings. The summed E-state index contributed by atoms with van der Waals surface area (Å²) in [5, 5.41) is 32.1. The number of anilines is 3. The molecule has 9 heteroatoms. The number of benzene rings is 1. The summed E-state index contributed by atoms with van der Waals surface area (Å²) >= 11 is 5.24. The minimum atomic E-state index is -1.20. The number of aliphatic hydroxyl groups excluding tert-OH is 3. The van der Waals surface area contributed by atoms with Gasteiger partial charge >= 0.3 is 0 Å². The van der Waals surface area contributed by atoms with Gasteiger partial charge in [-0.3, -0.25) is 4.57 Å². The number of nitrogens with one attached hydrogen (secondary N) is 1. The second-order valence-corrected chi connectivity index (χ2v) is 5.84. The number of ether oxygens (including phenoxy) is 1. The molecule has 0 bridgehead atoms. The summed E-state index contributed by atoms with van der Waals surface area (Å²) in [6.07, 6.45) is -2.54. The molecular weight excluding hydrogens is 332 g/mol. The van der Waals surface area contributed by atoms with Crippen LogP contribution in [-0.2, 0) is 4.74 Å². The lowest BCUT2D eigenvalue weighted by atomic mass is 10.1. The van der Waals surface area contributed by atoms with Gasteiger partial charge in [0.1, 0.15) is 24.1 Å². The summed E-state index contributed by atoms with van der Waals surface area (Å²) in [6.45, 7) is -0.397. The maximum Gasteiger partial charge on any atom is 0.203 e. The zero-order valence-electron chi connectivity index (χ0n) is 12.6. The molecule has 4 atom stereocenters. The lowest BCUT2D eigenvalue weighted by Gasteiger charge is -2.18. The molecule has 0 aliphatic carbocycles. The molecule has 0 amide bonds. The molecule has 8 nitrogen and oxygen atoms in total. The van der Waals surface area contributed by atoms with Crippen molar-refractivity contribution >= 4 is 29.4 Å². The van der Waals surface area contributed by atoms with Gasteiger partial charge in [-0.25, -0.2) is 4.98 Å². The Morgan fingerprint density at radius 1 is 1.21 bits per heavy atom. The number of nitrogen functional groups attached to an aromatic ring is 1. The van der Waals surface area contributed by atoms with Gasteiger partial charge in [-0.15, -0.1) is 0 Å². The maximum atomic E-state index is 10.1. The van der Waals surface area contributed by atoms with Crippen molar-refractivity contribution in [2.45, 2.75) is 24.5 Å². The number of nitrogens with zero attached hydrogens (tertiary/aromatic N) is 2. The first-order valence-corrected chi connectivity index (χ1v) is 7.74. The van der Waals surface area contributed by atoms with E-state index in [0.29, 0.717) is 11.5 Å². The van der Waals surface area contributed by atoms with E-state index in [2.05, 4.69) is 10.3 Å². The van der Waals surface area contributed by atoms with Crippen molar-refractivity contribution in [1.82, 2.24) is 9.55 Å². The Kier molecular flexibility index (Phi) is 4.78.